The van der Waals surface area contributed by atoms with Crippen LogP contribution in [-0.4, -0.2) is 19.9 Å². The van der Waals surface area contributed by atoms with E-state index in [1.807, 2.05) is 12.1 Å². The fourth-order valence-corrected chi connectivity index (χ4v) is 1.99. The molecule has 7 nitrogen and oxygen atoms in total. The number of benzene rings is 1. The Morgan fingerprint density at radius 3 is 2.86 bits per heavy atom. The molecule has 0 spiro atoms. The number of fused-ring (bicyclic) bond motifs is 1. The Labute approximate surface area is 123 Å². The summed E-state index contributed by atoms with van der Waals surface area (Å²) in [6.45, 7) is 0. The Morgan fingerprint density at radius 1 is 1.19 bits per heavy atom. The number of rotatable bonds is 3. The first-order valence-electron chi connectivity index (χ1n) is 5.82. The lowest BCUT2D eigenvalue weighted by molar-refractivity contribution is -0.386. The van der Waals surface area contributed by atoms with Crippen molar-refractivity contribution in [3.8, 4) is 11.6 Å². The largest absolute Gasteiger partial charge is 0.433 e. The molecule has 0 bridgehead atoms. The number of ether oxygens (including phenoxy) is 1. The summed E-state index contributed by atoms with van der Waals surface area (Å²) < 4.78 is 5.44. The van der Waals surface area contributed by atoms with Crippen LogP contribution in [0.3, 0.4) is 0 Å². The summed E-state index contributed by atoms with van der Waals surface area (Å²) in [4.78, 5) is 21.8. The van der Waals surface area contributed by atoms with Crippen molar-refractivity contribution in [1.82, 2.24) is 15.0 Å². The van der Waals surface area contributed by atoms with Crippen molar-refractivity contribution < 1.29 is 9.66 Å². The fraction of sp³-hybridized carbons (Fsp3) is 0. The van der Waals surface area contributed by atoms with Gasteiger partial charge in [-0.3, -0.25) is 15.1 Å². The van der Waals surface area contributed by atoms with Crippen molar-refractivity contribution in [2.45, 2.75) is 0 Å². The van der Waals surface area contributed by atoms with E-state index in [9.17, 15) is 10.1 Å². The van der Waals surface area contributed by atoms with Gasteiger partial charge in [0.2, 0.25) is 5.15 Å². The van der Waals surface area contributed by atoms with E-state index in [4.69, 9.17) is 16.3 Å². The topological polar surface area (TPSA) is 91.0 Å². The summed E-state index contributed by atoms with van der Waals surface area (Å²) in [6.07, 6.45) is 2.75. The van der Waals surface area contributed by atoms with E-state index in [0.717, 1.165) is 11.7 Å². The monoisotopic (exact) mass is 302 g/mol. The lowest BCUT2D eigenvalue weighted by Gasteiger charge is -2.06. The number of hydrogen-bond donors (Lipinski definition) is 0. The maximum absolute atomic E-state index is 11.0. The highest BCUT2D eigenvalue weighted by Crippen LogP contribution is 2.34. The smallest absolute Gasteiger partial charge is 0.368 e. The third-order valence-electron chi connectivity index (χ3n) is 2.72. The van der Waals surface area contributed by atoms with Crippen LogP contribution >= 0.6 is 11.6 Å². The highest BCUT2D eigenvalue weighted by Gasteiger charge is 2.23. The van der Waals surface area contributed by atoms with E-state index in [1.54, 1.807) is 24.4 Å². The Bertz CT molecular complexity index is 841. The lowest BCUT2D eigenvalue weighted by atomic mass is 10.2. The third-order valence-corrected chi connectivity index (χ3v) is 3.00. The number of aromatic nitrogens is 3. The number of nitrogens with zero attached hydrogens (tertiary/aromatic N) is 4. The van der Waals surface area contributed by atoms with E-state index in [2.05, 4.69) is 15.0 Å². The van der Waals surface area contributed by atoms with Crippen molar-refractivity contribution in [2.75, 3.05) is 0 Å². The van der Waals surface area contributed by atoms with Gasteiger partial charge in [-0.25, -0.2) is 4.98 Å². The van der Waals surface area contributed by atoms with Crippen LogP contribution in [0.4, 0.5) is 5.69 Å². The molecule has 0 saturated carbocycles. The third kappa shape index (κ3) is 2.59. The molecular formula is C13H7ClN4O3. The summed E-state index contributed by atoms with van der Waals surface area (Å²) in [5, 5.41) is 11.7. The van der Waals surface area contributed by atoms with Gasteiger partial charge in [0.1, 0.15) is 12.1 Å². The molecule has 21 heavy (non-hydrogen) atoms. The Hall–Kier alpha value is -2.80. The van der Waals surface area contributed by atoms with Gasteiger partial charge in [0, 0.05) is 17.6 Å². The van der Waals surface area contributed by atoms with Gasteiger partial charge in [0.15, 0.2) is 0 Å². The van der Waals surface area contributed by atoms with Crippen molar-refractivity contribution in [3.05, 3.63) is 58.1 Å². The zero-order chi connectivity index (χ0) is 14.8. The van der Waals surface area contributed by atoms with Crippen LogP contribution in [0, 0.1) is 10.1 Å². The SMILES string of the molecule is O=[N+]([O-])c1c(Cl)ncnc1Oc1ccc2cccnc2c1. The van der Waals surface area contributed by atoms with E-state index in [1.165, 1.54) is 0 Å². The van der Waals surface area contributed by atoms with Gasteiger partial charge in [-0.15, -0.1) is 0 Å². The van der Waals surface area contributed by atoms with Crippen molar-refractivity contribution >= 4 is 28.2 Å². The van der Waals surface area contributed by atoms with Crippen molar-refractivity contribution in [2.24, 2.45) is 0 Å². The predicted molar refractivity (Wildman–Crippen MR) is 75.5 cm³/mol. The van der Waals surface area contributed by atoms with Crippen molar-refractivity contribution in [1.29, 1.82) is 0 Å². The average Bonchev–Trinajstić information content (AvgIpc) is 2.47. The second-order valence-electron chi connectivity index (χ2n) is 4.04. The van der Waals surface area contributed by atoms with Crippen LogP contribution in [0.15, 0.2) is 42.9 Å². The van der Waals surface area contributed by atoms with Crippen LogP contribution < -0.4 is 4.74 Å². The molecule has 3 aromatic rings. The molecule has 0 N–H and O–H groups in total. The Kier molecular flexibility index (Phi) is 3.33. The molecular weight excluding hydrogens is 296 g/mol. The molecule has 0 saturated heterocycles. The van der Waals surface area contributed by atoms with Gasteiger partial charge in [0.05, 0.1) is 10.4 Å². The number of hydrogen-bond acceptors (Lipinski definition) is 6. The molecule has 3 rings (SSSR count). The van der Waals surface area contributed by atoms with Gasteiger partial charge in [-0.05, 0) is 18.2 Å². The molecule has 0 unspecified atom stereocenters. The molecule has 1 aromatic carbocycles. The minimum absolute atomic E-state index is 0.213. The molecule has 0 radical (unpaired) electrons. The summed E-state index contributed by atoms with van der Waals surface area (Å²) in [5.74, 6) is 0.161. The molecule has 104 valence electrons. The first-order chi connectivity index (χ1) is 10.1. The maximum atomic E-state index is 11.0. The van der Waals surface area contributed by atoms with Gasteiger partial charge in [0.25, 0.3) is 0 Å². The van der Waals surface area contributed by atoms with E-state index in [0.29, 0.717) is 11.3 Å². The van der Waals surface area contributed by atoms with Crippen LogP contribution in [0.5, 0.6) is 11.6 Å². The van der Waals surface area contributed by atoms with Crippen molar-refractivity contribution in [3.63, 3.8) is 0 Å². The highest BCUT2D eigenvalue weighted by atomic mass is 35.5. The van der Waals surface area contributed by atoms with Crippen LogP contribution in [0.2, 0.25) is 5.15 Å². The van der Waals surface area contributed by atoms with Gasteiger partial charge >= 0.3 is 11.6 Å². The normalized spacial score (nSPS) is 10.5. The quantitative estimate of drug-likeness (QED) is 0.418. The maximum Gasteiger partial charge on any atom is 0.368 e. The molecule has 2 aromatic heterocycles. The van der Waals surface area contributed by atoms with E-state index < -0.39 is 10.6 Å². The van der Waals surface area contributed by atoms with Gasteiger partial charge < -0.3 is 4.74 Å². The number of halogens is 1. The molecule has 2 heterocycles. The fourth-order valence-electron chi connectivity index (χ4n) is 1.79. The molecule has 8 heteroatoms. The molecule has 0 fully saturated rings. The minimum atomic E-state index is -0.684. The molecule has 0 aliphatic carbocycles. The van der Waals surface area contributed by atoms with Gasteiger partial charge in [-0.2, -0.15) is 4.98 Å². The van der Waals surface area contributed by atoms with Crippen LogP contribution in [0.1, 0.15) is 0 Å². The highest BCUT2D eigenvalue weighted by molar-refractivity contribution is 6.31. The second-order valence-corrected chi connectivity index (χ2v) is 4.39. The van der Waals surface area contributed by atoms with Gasteiger partial charge in [-0.1, -0.05) is 17.7 Å². The molecule has 0 atom stereocenters. The zero-order valence-electron chi connectivity index (χ0n) is 10.4. The number of nitro groups is 1. The van der Waals surface area contributed by atoms with E-state index >= 15 is 0 Å². The standard InChI is InChI=1S/C13H7ClN4O3/c14-12-11(18(19)20)13(17-7-16-12)21-9-4-3-8-2-1-5-15-10(8)6-9/h1-7H. The number of pyridine rings is 1. The lowest BCUT2D eigenvalue weighted by Crippen LogP contribution is -1.98. The first-order valence-corrected chi connectivity index (χ1v) is 6.20. The summed E-state index contributed by atoms with van der Waals surface area (Å²) in [5.41, 5.74) is 0.234. The Balaban J connectivity index is 2.02. The predicted octanol–water partition coefficient (Wildman–Crippen LogP) is 3.38. The van der Waals surface area contributed by atoms with E-state index in [-0.39, 0.29) is 11.0 Å². The van der Waals surface area contributed by atoms with Crippen LogP contribution in [-0.2, 0) is 0 Å². The molecule has 0 aliphatic rings. The zero-order valence-corrected chi connectivity index (χ0v) is 11.2. The van der Waals surface area contributed by atoms with Crippen LogP contribution in [0.25, 0.3) is 10.9 Å². The Morgan fingerprint density at radius 2 is 2.05 bits per heavy atom. The first kappa shape index (κ1) is 13.2. The molecule has 0 aliphatic heterocycles. The summed E-state index contributed by atoms with van der Waals surface area (Å²) in [7, 11) is 0. The summed E-state index contributed by atoms with van der Waals surface area (Å²) >= 11 is 5.70. The minimum Gasteiger partial charge on any atom is -0.433 e. The second kappa shape index (κ2) is 5.29. The summed E-state index contributed by atoms with van der Waals surface area (Å²) in [6, 6.07) is 8.85. The average molecular weight is 303 g/mol. The molecule has 0 amide bonds.